The molecule has 0 fully saturated rings. The Morgan fingerprint density at radius 1 is 1.30 bits per heavy atom. The van der Waals surface area contributed by atoms with E-state index in [1.165, 1.54) is 7.11 Å². The van der Waals surface area contributed by atoms with Crippen LogP contribution in [0.25, 0.3) is 10.9 Å². The monoisotopic (exact) mass is 293 g/mol. The number of benzene rings is 1. The summed E-state index contributed by atoms with van der Waals surface area (Å²) in [7, 11) is 1.38. The van der Waals surface area contributed by atoms with Crippen LogP contribution in [0.4, 0.5) is 0 Å². The first-order valence-corrected chi connectivity index (χ1v) is 6.75. The molecule has 4 nitrogen and oxygen atoms in total. The van der Waals surface area contributed by atoms with Crippen molar-refractivity contribution in [3.63, 3.8) is 0 Å². The lowest BCUT2D eigenvalue weighted by molar-refractivity contribution is -0.140. The van der Waals surface area contributed by atoms with E-state index in [0.717, 1.165) is 16.6 Å². The first-order valence-electron chi connectivity index (χ1n) is 6.37. The number of hydrogen-bond acceptors (Lipinski definition) is 4. The van der Waals surface area contributed by atoms with Crippen LogP contribution in [0.15, 0.2) is 24.3 Å². The molecule has 1 aromatic carbocycles. The molecule has 1 aromatic heterocycles. The summed E-state index contributed by atoms with van der Waals surface area (Å²) in [6.45, 7) is 2.35. The third kappa shape index (κ3) is 3.39. The predicted molar refractivity (Wildman–Crippen MR) is 78.2 cm³/mol. The Balaban J connectivity index is 2.12. The number of pyridine rings is 1. The van der Waals surface area contributed by atoms with Crippen molar-refractivity contribution in [1.29, 1.82) is 0 Å². The number of rotatable bonds is 5. The maximum Gasteiger partial charge on any atom is 0.305 e. The minimum absolute atomic E-state index is 0.233. The molecule has 20 heavy (non-hydrogen) atoms. The molecule has 0 aliphatic heterocycles. The number of hydrogen-bond donors (Lipinski definition) is 0. The van der Waals surface area contributed by atoms with Gasteiger partial charge < -0.3 is 9.47 Å². The van der Waals surface area contributed by atoms with Gasteiger partial charge in [-0.1, -0.05) is 11.6 Å². The van der Waals surface area contributed by atoms with Gasteiger partial charge in [0.25, 0.3) is 0 Å². The number of esters is 1. The van der Waals surface area contributed by atoms with Crippen LogP contribution in [0.1, 0.15) is 18.5 Å². The lowest BCUT2D eigenvalue weighted by Crippen LogP contribution is -2.05. The van der Waals surface area contributed by atoms with Crippen LogP contribution in [-0.4, -0.2) is 24.7 Å². The van der Waals surface area contributed by atoms with E-state index < -0.39 is 0 Å². The molecule has 0 aliphatic carbocycles. The normalized spacial score (nSPS) is 10.6. The van der Waals surface area contributed by atoms with Crippen molar-refractivity contribution in [2.45, 2.75) is 19.8 Å². The van der Waals surface area contributed by atoms with Gasteiger partial charge in [0.1, 0.15) is 11.3 Å². The second-order valence-corrected chi connectivity index (χ2v) is 4.83. The van der Waals surface area contributed by atoms with Crippen LogP contribution in [0.3, 0.4) is 0 Å². The highest BCUT2D eigenvalue weighted by atomic mass is 35.5. The Morgan fingerprint density at radius 3 is 2.85 bits per heavy atom. The molecule has 1 heterocycles. The highest BCUT2D eigenvalue weighted by Gasteiger charge is 2.08. The zero-order chi connectivity index (χ0) is 14.5. The molecule has 0 bridgehead atoms. The van der Waals surface area contributed by atoms with Crippen LogP contribution < -0.4 is 4.74 Å². The van der Waals surface area contributed by atoms with Crippen molar-refractivity contribution < 1.29 is 14.3 Å². The van der Waals surface area contributed by atoms with Gasteiger partial charge in [-0.15, -0.1) is 0 Å². The molecular weight excluding hydrogens is 278 g/mol. The van der Waals surface area contributed by atoms with E-state index in [-0.39, 0.29) is 5.97 Å². The van der Waals surface area contributed by atoms with Crippen molar-refractivity contribution in [3.05, 3.63) is 35.0 Å². The Morgan fingerprint density at radius 2 is 2.10 bits per heavy atom. The second-order valence-electron chi connectivity index (χ2n) is 4.42. The number of ether oxygens (including phenoxy) is 2. The van der Waals surface area contributed by atoms with Gasteiger partial charge >= 0.3 is 5.97 Å². The number of carbonyl (C=O) groups is 1. The van der Waals surface area contributed by atoms with Crippen LogP contribution in [0, 0.1) is 6.92 Å². The van der Waals surface area contributed by atoms with Crippen LogP contribution in [0.2, 0.25) is 5.02 Å². The summed E-state index contributed by atoms with van der Waals surface area (Å²) in [5.74, 6) is 0.446. The summed E-state index contributed by atoms with van der Waals surface area (Å²) in [6.07, 6.45) is 0.942. The fourth-order valence-corrected chi connectivity index (χ4v) is 2.09. The largest absolute Gasteiger partial charge is 0.491 e. The third-order valence-corrected chi connectivity index (χ3v) is 3.25. The van der Waals surface area contributed by atoms with Gasteiger partial charge in [0, 0.05) is 17.5 Å². The highest BCUT2D eigenvalue weighted by Crippen LogP contribution is 2.30. The standard InChI is InChI=1S/C15H16ClNO3/c1-10-5-6-11-12(16)7-8-13(15(11)17-10)20-9-3-4-14(18)19-2/h5-8H,3-4,9H2,1-2H3. The molecule has 0 N–H and O–H groups in total. The number of nitrogens with zero attached hydrogens (tertiary/aromatic N) is 1. The molecule has 0 atom stereocenters. The number of methoxy groups -OCH3 is 1. The van der Waals surface area contributed by atoms with Gasteiger partial charge in [-0.25, -0.2) is 4.98 Å². The van der Waals surface area contributed by atoms with Gasteiger partial charge in [-0.05, 0) is 37.6 Å². The van der Waals surface area contributed by atoms with Crippen LogP contribution in [-0.2, 0) is 9.53 Å². The zero-order valence-corrected chi connectivity index (χ0v) is 12.2. The van der Waals surface area contributed by atoms with Gasteiger partial charge in [0.2, 0.25) is 0 Å². The predicted octanol–water partition coefficient (Wildman–Crippen LogP) is 3.53. The molecule has 0 spiro atoms. The van der Waals surface area contributed by atoms with Crippen LogP contribution >= 0.6 is 11.6 Å². The third-order valence-electron chi connectivity index (χ3n) is 2.92. The molecule has 0 radical (unpaired) electrons. The maximum atomic E-state index is 11.0. The quantitative estimate of drug-likeness (QED) is 0.625. The van der Waals surface area contributed by atoms with Crippen molar-refractivity contribution in [2.75, 3.05) is 13.7 Å². The van der Waals surface area contributed by atoms with E-state index in [2.05, 4.69) is 9.72 Å². The first kappa shape index (κ1) is 14.6. The molecule has 5 heteroatoms. The number of aromatic nitrogens is 1. The molecular formula is C15H16ClNO3. The summed E-state index contributed by atoms with van der Waals surface area (Å²) in [4.78, 5) is 15.5. The zero-order valence-electron chi connectivity index (χ0n) is 11.5. The maximum absolute atomic E-state index is 11.0. The van der Waals surface area contributed by atoms with E-state index in [4.69, 9.17) is 16.3 Å². The fraction of sp³-hybridized carbons (Fsp3) is 0.333. The fourth-order valence-electron chi connectivity index (χ4n) is 1.87. The van der Waals surface area contributed by atoms with Crippen molar-refractivity contribution >= 4 is 28.5 Å². The topological polar surface area (TPSA) is 48.4 Å². The first-order chi connectivity index (χ1) is 9.61. The van der Waals surface area contributed by atoms with Crippen molar-refractivity contribution in [1.82, 2.24) is 4.98 Å². The molecule has 0 aliphatic rings. The Hall–Kier alpha value is -1.81. The van der Waals surface area contributed by atoms with Gasteiger partial charge in [0.15, 0.2) is 0 Å². The number of halogens is 1. The molecule has 2 rings (SSSR count). The minimum atomic E-state index is -0.233. The summed E-state index contributed by atoms with van der Waals surface area (Å²) in [5.41, 5.74) is 1.65. The van der Waals surface area contributed by atoms with Gasteiger partial charge in [-0.3, -0.25) is 4.79 Å². The Kier molecular flexibility index (Phi) is 4.79. The van der Waals surface area contributed by atoms with E-state index in [0.29, 0.717) is 30.2 Å². The van der Waals surface area contributed by atoms with Crippen molar-refractivity contribution in [2.24, 2.45) is 0 Å². The van der Waals surface area contributed by atoms with E-state index in [1.54, 1.807) is 12.1 Å². The number of aryl methyl sites for hydroxylation is 1. The second kappa shape index (κ2) is 6.57. The summed E-state index contributed by atoms with van der Waals surface area (Å²) in [6, 6.07) is 7.43. The van der Waals surface area contributed by atoms with E-state index in [9.17, 15) is 4.79 Å². The summed E-state index contributed by atoms with van der Waals surface area (Å²) < 4.78 is 10.3. The van der Waals surface area contributed by atoms with E-state index in [1.807, 2.05) is 19.1 Å². The molecule has 2 aromatic rings. The van der Waals surface area contributed by atoms with Gasteiger partial charge in [-0.2, -0.15) is 0 Å². The van der Waals surface area contributed by atoms with E-state index >= 15 is 0 Å². The molecule has 0 saturated heterocycles. The Labute approximate surface area is 122 Å². The van der Waals surface area contributed by atoms with Crippen LogP contribution in [0.5, 0.6) is 5.75 Å². The SMILES string of the molecule is COC(=O)CCCOc1ccc(Cl)c2ccc(C)nc12. The lowest BCUT2D eigenvalue weighted by Gasteiger charge is -2.10. The molecule has 0 unspecified atom stereocenters. The van der Waals surface area contributed by atoms with Crippen molar-refractivity contribution in [3.8, 4) is 5.75 Å². The average Bonchev–Trinajstić information content (AvgIpc) is 2.45. The number of fused-ring (bicyclic) bond motifs is 1. The smallest absolute Gasteiger partial charge is 0.305 e. The highest BCUT2D eigenvalue weighted by molar-refractivity contribution is 6.35. The summed E-state index contributed by atoms with van der Waals surface area (Å²) >= 11 is 6.15. The summed E-state index contributed by atoms with van der Waals surface area (Å²) in [5, 5.41) is 1.51. The van der Waals surface area contributed by atoms with Gasteiger partial charge in [0.05, 0.1) is 18.7 Å². The average molecular weight is 294 g/mol. The molecule has 106 valence electrons. The molecule has 0 amide bonds. The number of carbonyl (C=O) groups excluding carboxylic acids is 1. The lowest BCUT2D eigenvalue weighted by atomic mass is 10.2. The Bertz CT molecular complexity index is 628. The minimum Gasteiger partial charge on any atom is -0.491 e. The molecule has 0 saturated carbocycles.